The molecule has 0 bridgehead atoms. The van der Waals surface area contributed by atoms with Gasteiger partial charge in [-0.05, 0) is 126 Å². The highest BCUT2D eigenvalue weighted by atomic mass is 16.2. The molecule has 1 aromatic heterocycles. The van der Waals surface area contributed by atoms with Crippen molar-refractivity contribution in [1.82, 2.24) is 10.3 Å². The van der Waals surface area contributed by atoms with Gasteiger partial charge in [-0.2, -0.15) is 0 Å². The van der Waals surface area contributed by atoms with E-state index in [0.29, 0.717) is 35.1 Å². The van der Waals surface area contributed by atoms with Crippen molar-refractivity contribution in [3.63, 3.8) is 0 Å². The van der Waals surface area contributed by atoms with Crippen molar-refractivity contribution < 1.29 is 9.59 Å². The highest BCUT2D eigenvalue weighted by molar-refractivity contribution is 6.00. The first-order valence-corrected chi connectivity index (χ1v) is 16.6. The van der Waals surface area contributed by atoms with E-state index in [4.69, 9.17) is 0 Å². The van der Waals surface area contributed by atoms with E-state index in [1.807, 2.05) is 0 Å². The highest BCUT2D eigenvalue weighted by Gasteiger charge is 2.72. The first kappa shape index (κ1) is 27.8. The number of Topliss-reactive ketones (excluding diaryl/α,β-unsaturated/α-hetero) is 1. The number of nitrogens with one attached hydrogen (secondary N) is 1. The van der Waals surface area contributed by atoms with Gasteiger partial charge in [0.1, 0.15) is 5.69 Å². The van der Waals surface area contributed by atoms with Gasteiger partial charge >= 0.3 is 0 Å². The topological polar surface area (TPSA) is 59.1 Å². The van der Waals surface area contributed by atoms with Crippen LogP contribution in [0.4, 0.5) is 0 Å². The average molecular weight is 557 g/mol. The minimum absolute atomic E-state index is 0.0136. The van der Waals surface area contributed by atoms with E-state index in [9.17, 15) is 9.59 Å². The Bertz CT molecular complexity index is 1410. The van der Waals surface area contributed by atoms with E-state index < -0.39 is 0 Å². The molecule has 1 spiro atoms. The number of nitrogens with zero attached hydrogens (tertiary/aromatic N) is 1. The van der Waals surface area contributed by atoms with Gasteiger partial charge in [0.2, 0.25) is 0 Å². The Morgan fingerprint density at radius 3 is 2.32 bits per heavy atom. The molecular weight excluding hydrogens is 504 g/mol. The minimum Gasteiger partial charge on any atom is -0.341 e. The van der Waals surface area contributed by atoms with E-state index in [1.54, 1.807) is 11.8 Å². The predicted molar refractivity (Wildman–Crippen MR) is 163 cm³/mol. The van der Waals surface area contributed by atoms with E-state index in [1.165, 1.54) is 48.8 Å². The zero-order chi connectivity index (χ0) is 29.5. The van der Waals surface area contributed by atoms with Gasteiger partial charge in [0.05, 0.1) is 5.54 Å². The maximum atomic E-state index is 13.4. The van der Waals surface area contributed by atoms with Gasteiger partial charge in [0, 0.05) is 18.2 Å². The van der Waals surface area contributed by atoms with Crippen LogP contribution in [-0.2, 0) is 10.3 Å². The van der Waals surface area contributed by atoms with Crippen molar-refractivity contribution in [2.24, 2.45) is 50.7 Å². The average Bonchev–Trinajstić information content (AvgIpc) is 3.34. The molecule has 4 fully saturated rings. The van der Waals surface area contributed by atoms with E-state index >= 15 is 0 Å². The second kappa shape index (κ2) is 8.14. The summed E-state index contributed by atoms with van der Waals surface area (Å²) < 4.78 is 0. The van der Waals surface area contributed by atoms with Crippen molar-refractivity contribution in [2.75, 3.05) is 0 Å². The maximum absolute atomic E-state index is 13.4. The van der Waals surface area contributed by atoms with Crippen molar-refractivity contribution in [2.45, 2.75) is 126 Å². The quantitative estimate of drug-likeness (QED) is 0.378. The number of allylic oxidation sites excluding steroid dienone is 2. The van der Waals surface area contributed by atoms with Crippen LogP contribution in [0.2, 0.25) is 0 Å². The normalized spacial score (nSPS) is 46.1. The summed E-state index contributed by atoms with van der Waals surface area (Å²) in [5, 5.41) is 3.56. The van der Waals surface area contributed by atoms with Crippen molar-refractivity contribution in [1.29, 1.82) is 0 Å². The number of carbonyl (C=O) groups is 2. The number of pyridine rings is 1. The number of ketones is 1. The fourth-order valence-corrected chi connectivity index (χ4v) is 13.1. The second-order valence-corrected chi connectivity index (χ2v) is 17.2. The first-order chi connectivity index (χ1) is 19.1. The Morgan fingerprint density at radius 2 is 1.61 bits per heavy atom. The molecule has 222 valence electrons. The summed E-state index contributed by atoms with van der Waals surface area (Å²) in [7, 11) is 0. The van der Waals surface area contributed by atoms with Gasteiger partial charge in [-0.1, -0.05) is 61.0 Å². The molecule has 2 heterocycles. The van der Waals surface area contributed by atoms with Crippen LogP contribution < -0.4 is 5.32 Å². The summed E-state index contributed by atoms with van der Waals surface area (Å²) in [6, 6.07) is 2.09. The van der Waals surface area contributed by atoms with Crippen molar-refractivity contribution >= 4 is 11.7 Å². The summed E-state index contributed by atoms with van der Waals surface area (Å²) in [5.74, 6) is 2.48. The molecule has 8 atom stereocenters. The van der Waals surface area contributed by atoms with Crippen LogP contribution in [0, 0.1) is 57.7 Å². The Balaban J connectivity index is 1.30. The zero-order valence-corrected chi connectivity index (χ0v) is 27.1. The fraction of sp³-hybridized carbons (Fsp3) is 0.757. The predicted octanol–water partition coefficient (Wildman–Crippen LogP) is 8.33. The first-order valence-electron chi connectivity index (χ1n) is 16.6. The molecular formula is C37H52N2O2. The second-order valence-electron chi connectivity index (χ2n) is 17.2. The van der Waals surface area contributed by atoms with Crippen molar-refractivity contribution in [3.05, 3.63) is 40.2 Å². The molecule has 5 aliphatic carbocycles. The molecule has 0 saturated heterocycles. The molecule has 6 aliphatic rings. The fourth-order valence-electron chi connectivity index (χ4n) is 13.1. The third kappa shape index (κ3) is 3.06. The third-order valence-corrected chi connectivity index (χ3v) is 15.2. The molecule has 41 heavy (non-hydrogen) atoms. The SMILES string of the molecule is Cc1ccnc2c1C1(CC[C@]3(C)[C@H]4CC[C@@H]5C6=C(C(C)C)C(=O)C[C@]6(C)CC[C@@]5(C)[C@]4(C)CC[C@H]3C1(C)C)NC2=O. The molecule has 1 aliphatic heterocycles. The molecule has 0 aromatic carbocycles. The zero-order valence-electron chi connectivity index (χ0n) is 27.1. The van der Waals surface area contributed by atoms with Crippen LogP contribution in [-0.4, -0.2) is 16.7 Å². The van der Waals surface area contributed by atoms with Crippen LogP contribution in [0.5, 0.6) is 0 Å². The standard InChI is InChI=1S/C37H52N2O2/c1-21(2)27-24(40)20-33(6)15-17-35(8)23(29(27)33)10-11-26-34(7)16-18-37(32(4,5)25(34)12-14-36(26,35)9)28-22(3)13-19-38-30(28)31(41)39-37/h13,19,21,23,25-26H,10-12,14-18,20H2,1-9H3,(H,39,41)/t23-,25+,26-,33+,34+,35-,36-,37?/m1/s1. The Hall–Kier alpha value is -1.97. The molecule has 0 radical (unpaired) electrons. The van der Waals surface area contributed by atoms with Gasteiger partial charge in [0.15, 0.2) is 5.78 Å². The molecule has 1 unspecified atom stereocenters. The molecule has 4 nitrogen and oxygen atoms in total. The van der Waals surface area contributed by atoms with Gasteiger partial charge < -0.3 is 5.32 Å². The lowest BCUT2D eigenvalue weighted by molar-refractivity contribution is -0.226. The summed E-state index contributed by atoms with van der Waals surface area (Å²) >= 11 is 0. The smallest absolute Gasteiger partial charge is 0.270 e. The number of aryl methyl sites for hydroxylation is 1. The van der Waals surface area contributed by atoms with Gasteiger partial charge in [-0.25, -0.2) is 0 Å². The molecule has 4 heteroatoms. The lowest BCUT2D eigenvalue weighted by Crippen LogP contribution is -2.68. The Morgan fingerprint density at radius 1 is 0.878 bits per heavy atom. The van der Waals surface area contributed by atoms with Crippen LogP contribution >= 0.6 is 0 Å². The van der Waals surface area contributed by atoms with Crippen molar-refractivity contribution in [3.8, 4) is 0 Å². The summed E-state index contributed by atoms with van der Waals surface area (Å²) in [4.78, 5) is 31.3. The van der Waals surface area contributed by atoms with Gasteiger partial charge in [-0.3, -0.25) is 14.6 Å². The van der Waals surface area contributed by atoms with Gasteiger partial charge in [0.25, 0.3) is 5.91 Å². The number of amides is 1. The van der Waals surface area contributed by atoms with Crippen LogP contribution in [0.3, 0.4) is 0 Å². The molecule has 4 saturated carbocycles. The lowest BCUT2D eigenvalue weighted by atomic mass is 9.32. The van der Waals surface area contributed by atoms with E-state index in [-0.39, 0.29) is 38.5 Å². The summed E-state index contributed by atoms with van der Waals surface area (Å²) in [5.41, 5.74) is 6.15. The number of fused-ring (bicyclic) bond motifs is 9. The summed E-state index contributed by atoms with van der Waals surface area (Å²) in [6.45, 7) is 21.9. The largest absolute Gasteiger partial charge is 0.341 e. The molecule has 1 N–H and O–H groups in total. The number of aromatic nitrogens is 1. The third-order valence-electron chi connectivity index (χ3n) is 15.2. The lowest BCUT2D eigenvalue weighted by Gasteiger charge is -2.73. The van der Waals surface area contributed by atoms with Crippen LogP contribution in [0.1, 0.15) is 135 Å². The Labute approximate surface area is 247 Å². The van der Waals surface area contributed by atoms with E-state index in [2.05, 4.69) is 78.7 Å². The Kier molecular flexibility index (Phi) is 5.53. The summed E-state index contributed by atoms with van der Waals surface area (Å²) in [6.07, 6.45) is 12.0. The number of carbonyl (C=O) groups excluding carboxylic acids is 2. The maximum Gasteiger partial charge on any atom is 0.270 e. The van der Waals surface area contributed by atoms with Crippen LogP contribution in [0.15, 0.2) is 23.4 Å². The molecule has 1 amide bonds. The molecule has 1 aromatic rings. The number of hydrogen-bond acceptors (Lipinski definition) is 3. The van der Waals surface area contributed by atoms with E-state index in [0.717, 1.165) is 25.7 Å². The minimum atomic E-state index is -0.343. The number of rotatable bonds is 1. The molecule has 7 rings (SSSR count). The highest BCUT2D eigenvalue weighted by Crippen LogP contribution is 2.78. The van der Waals surface area contributed by atoms with Crippen LogP contribution in [0.25, 0.3) is 0 Å². The van der Waals surface area contributed by atoms with Gasteiger partial charge in [-0.15, -0.1) is 0 Å². The number of hydrogen-bond donors (Lipinski definition) is 1. The monoisotopic (exact) mass is 556 g/mol.